The van der Waals surface area contributed by atoms with Crippen molar-refractivity contribution in [3.05, 3.63) is 33.2 Å². The van der Waals surface area contributed by atoms with Gasteiger partial charge in [0.05, 0.1) is 0 Å². The van der Waals surface area contributed by atoms with E-state index in [1.807, 2.05) is 19.9 Å². The summed E-state index contributed by atoms with van der Waals surface area (Å²) in [6.07, 6.45) is 5.33. The second-order valence-electron chi connectivity index (χ2n) is 6.55. The number of aromatic nitrogens is 1. The molecule has 0 amide bonds. The van der Waals surface area contributed by atoms with Gasteiger partial charge in [0.1, 0.15) is 0 Å². The third-order valence-corrected chi connectivity index (χ3v) is 5.24. The summed E-state index contributed by atoms with van der Waals surface area (Å²) in [5, 5.41) is 7.30. The van der Waals surface area contributed by atoms with Gasteiger partial charge in [-0.05, 0) is 68.8 Å². The molecule has 2 aliphatic carbocycles. The highest BCUT2D eigenvalue weighted by Gasteiger charge is 2.39. The molecule has 1 aromatic rings. The maximum Gasteiger partial charge on any atom is 0.253 e. The molecule has 3 rings (SSSR count). The maximum absolute atomic E-state index is 12.0. The van der Waals surface area contributed by atoms with E-state index in [2.05, 4.69) is 15.6 Å². The quantitative estimate of drug-likeness (QED) is 0.749. The Morgan fingerprint density at radius 1 is 1.38 bits per heavy atom. The molecular weight excluding hydrogens is 282 g/mol. The highest BCUT2D eigenvalue weighted by molar-refractivity contribution is 7.80. The zero-order valence-corrected chi connectivity index (χ0v) is 13.5. The highest BCUT2D eigenvalue weighted by atomic mass is 32.1. The second-order valence-corrected chi connectivity index (χ2v) is 6.96. The lowest BCUT2D eigenvalue weighted by Gasteiger charge is -2.24. The van der Waals surface area contributed by atoms with Crippen LogP contribution < -0.4 is 16.2 Å². The fourth-order valence-electron chi connectivity index (χ4n) is 3.91. The topological polar surface area (TPSA) is 56.9 Å². The normalized spacial score (nSPS) is 26.9. The summed E-state index contributed by atoms with van der Waals surface area (Å²) in [6.45, 7) is 4.34. The highest BCUT2D eigenvalue weighted by Crippen LogP contribution is 2.44. The summed E-state index contributed by atoms with van der Waals surface area (Å²) in [5.41, 5.74) is 2.64. The molecule has 2 saturated carbocycles. The molecular formula is C16H23N3OS. The largest absolute Gasteiger partial charge is 0.360 e. The van der Waals surface area contributed by atoms with Gasteiger partial charge in [0.15, 0.2) is 5.11 Å². The van der Waals surface area contributed by atoms with Gasteiger partial charge in [0.2, 0.25) is 0 Å². The number of nitrogens with one attached hydrogen (secondary N) is 3. The monoisotopic (exact) mass is 305 g/mol. The fraction of sp³-hybridized carbons (Fsp3) is 0.625. The molecule has 2 aliphatic rings. The van der Waals surface area contributed by atoms with Gasteiger partial charge in [-0.1, -0.05) is 6.42 Å². The fourth-order valence-corrected chi connectivity index (χ4v) is 4.13. The summed E-state index contributed by atoms with van der Waals surface area (Å²) in [4.78, 5) is 14.8. The third kappa shape index (κ3) is 3.12. The molecule has 114 valence electrons. The van der Waals surface area contributed by atoms with Gasteiger partial charge in [-0.15, -0.1) is 0 Å². The Hall–Kier alpha value is -1.36. The van der Waals surface area contributed by atoms with Gasteiger partial charge < -0.3 is 15.6 Å². The van der Waals surface area contributed by atoms with Crippen molar-refractivity contribution >= 4 is 17.3 Å². The van der Waals surface area contributed by atoms with E-state index in [9.17, 15) is 4.79 Å². The van der Waals surface area contributed by atoms with Gasteiger partial charge in [-0.25, -0.2) is 0 Å². The van der Waals surface area contributed by atoms with E-state index in [1.54, 1.807) is 0 Å². The minimum atomic E-state index is -0.0253. The van der Waals surface area contributed by atoms with Crippen molar-refractivity contribution in [3.63, 3.8) is 0 Å². The number of thiocarbonyl (C=S) groups is 1. The van der Waals surface area contributed by atoms with E-state index >= 15 is 0 Å². The van der Waals surface area contributed by atoms with Gasteiger partial charge in [-0.3, -0.25) is 4.79 Å². The molecule has 0 saturated heterocycles. The first-order chi connectivity index (χ1) is 10.0. The number of H-pyrrole nitrogens is 1. The van der Waals surface area contributed by atoms with Crippen LogP contribution in [-0.2, 0) is 6.54 Å². The molecule has 0 unspecified atom stereocenters. The molecule has 0 aromatic carbocycles. The first kappa shape index (κ1) is 14.6. The standard InChI is InChI=1S/C16H23N3OS/c1-9-5-10(2)18-15(20)13(9)8-17-16(21)19-14-7-11-3-4-12(14)6-11/h5,11-12,14H,3-4,6-8H2,1-2H3,(H,18,20)(H2,17,19,21)/t11-,12-,14-/m0/s1. The molecule has 1 aromatic heterocycles. The van der Waals surface area contributed by atoms with Crippen LogP contribution in [0.3, 0.4) is 0 Å². The number of hydrogen-bond donors (Lipinski definition) is 3. The van der Waals surface area contributed by atoms with Crippen LogP contribution in [0.4, 0.5) is 0 Å². The van der Waals surface area contributed by atoms with E-state index < -0.39 is 0 Å². The Balaban J connectivity index is 1.56. The summed E-state index contributed by atoms with van der Waals surface area (Å²) >= 11 is 5.38. The Bertz CT molecular complexity index is 610. The van der Waals surface area contributed by atoms with Gasteiger partial charge in [0, 0.05) is 23.8 Å². The van der Waals surface area contributed by atoms with Crippen LogP contribution in [0.25, 0.3) is 0 Å². The Labute approximate surface area is 130 Å². The van der Waals surface area contributed by atoms with E-state index in [-0.39, 0.29) is 5.56 Å². The van der Waals surface area contributed by atoms with Crippen molar-refractivity contribution in [2.24, 2.45) is 11.8 Å². The zero-order chi connectivity index (χ0) is 15.0. The van der Waals surface area contributed by atoms with Crippen LogP contribution in [0.5, 0.6) is 0 Å². The Kier molecular flexibility index (Phi) is 4.02. The summed E-state index contributed by atoms with van der Waals surface area (Å²) < 4.78 is 0. The van der Waals surface area contributed by atoms with Crippen molar-refractivity contribution < 1.29 is 0 Å². The Morgan fingerprint density at radius 2 is 2.19 bits per heavy atom. The Morgan fingerprint density at radius 3 is 2.81 bits per heavy atom. The molecule has 4 nitrogen and oxygen atoms in total. The lowest BCUT2D eigenvalue weighted by molar-refractivity contribution is 0.389. The van der Waals surface area contributed by atoms with Crippen LogP contribution in [0.2, 0.25) is 0 Å². The molecule has 2 bridgehead atoms. The first-order valence-corrected chi connectivity index (χ1v) is 8.17. The number of aryl methyl sites for hydroxylation is 2. The molecule has 2 fully saturated rings. The van der Waals surface area contributed by atoms with Crippen molar-refractivity contribution in [1.29, 1.82) is 0 Å². The SMILES string of the molecule is Cc1cc(C)c(CNC(=S)N[C@H]2C[C@H]3CC[C@H]2C3)c(=O)[nH]1. The maximum atomic E-state index is 12.0. The van der Waals surface area contributed by atoms with E-state index in [1.165, 1.54) is 25.7 Å². The zero-order valence-electron chi connectivity index (χ0n) is 12.7. The number of rotatable bonds is 3. The molecule has 3 N–H and O–H groups in total. The first-order valence-electron chi connectivity index (χ1n) is 7.76. The van der Waals surface area contributed by atoms with Crippen LogP contribution in [0, 0.1) is 25.7 Å². The van der Waals surface area contributed by atoms with Crippen molar-refractivity contribution in [2.75, 3.05) is 0 Å². The average molecular weight is 305 g/mol. The molecule has 0 spiro atoms. The number of pyridine rings is 1. The van der Waals surface area contributed by atoms with Crippen molar-refractivity contribution in [1.82, 2.24) is 15.6 Å². The third-order valence-electron chi connectivity index (χ3n) is 4.97. The van der Waals surface area contributed by atoms with E-state index in [0.29, 0.717) is 17.7 Å². The van der Waals surface area contributed by atoms with Crippen molar-refractivity contribution in [3.8, 4) is 0 Å². The van der Waals surface area contributed by atoms with Crippen molar-refractivity contribution in [2.45, 2.75) is 52.1 Å². The molecule has 0 radical (unpaired) electrons. The molecule has 1 heterocycles. The molecule has 21 heavy (non-hydrogen) atoms. The van der Waals surface area contributed by atoms with Gasteiger partial charge >= 0.3 is 0 Å². The summed E-state index contributed by atoms with van der Waals surface area (Å²) in [5.74, 6) is 1.69. The van der Waals surface area contributed by atoms with Crippen LogP contribution >= 0.6 is 12.2 Å². The lowest BCUT2D eigenvalue weighted by atomic mass is 9.96. The second kappa shape index (κ2) is 5.79. The smallest absolute Gasteiger partial charge is 0.253 e. The van der Waals surface area contributed by atoms with Crippen LogP contribution in [0.15, 0.2) is 10.9 Å². The van der Waals surface area contributed by atoms with E-state index in [0.717, 1.165) is 28.7 Å². The number of hydrogen-bond acceptors (Lipinski definition) is 2. The average Bonchev–Trinajstić information content (AvgIpc) is 2.99. The van der Waals surface area contributed by atoms with E-state index in [4.69, 9.17) is 12.2 Å². The number of aromatic amines is 1. The lowest BCUT2D eigenvalue weighted by Crippen LogP contribution is -2.44. The molecule has 0 aliphatic heterocycles. The minimum Gasteiger partial charge on any atom is -0.360 e. The predicted molar refractivity (Wildman–Crippen MR) is 88.3 cm³/mol. The van der Waals surface area contributed by atoms with Crippen LogP contribution in [0.1, 0.15) is 42.5 Å². The van der Waals surface area contributed by atoms with Gasteiger partial charge in [0.25, 0.3) is 5.56 Å². The van der Waals surface area contributed by atoms with Crippen LogP contribution in [-0.4, -0.2) is 16.1 Å². The minimum absolute atomic E-state index is 0.0253. The summed E-state index contributed by atoms with van der Waals surface area (Å²) in [7, 11) is 0. The molecule has 3 atom stereocenters. The molecule has 5 heteroatoms. The van der Waals surface area contributed by atoms with Gasteiger partial charge in [-0.2, -0.15) is 0 Å². The summed E-state index contributed by atoms with van der Waals surface area (Å²) in [6, 6.07) is 2.52. The predicted octanol–water partition coefficient (Wildman–Crippen LogP) is 2.14. The number of fused-ring (bicyclic) bond motifs is 2.